The number of fused-ring (bicyclic) bond motifs is 1. The summed E-state index contributed by atoms with van der Waals surface area (Å²) in [6.07, 6.45) is 4.31. The van der Waals surface area contributed by atoms with Crippen molar-refractivity contribution in [2.45, 2.75) is 37.8 Å². The number of nitro groups is 1. The quantitative estimate of drug-likeness (QED) is 0.448. The number of benzene rings is 1. The van der Waals surface area contributed by atoms with E-state index in [9.17, 15) is 15.0 Å². The summed E-state index contributed by atoms with van der Waals surface area (Å²) in [5, 5.41) is 26.3. The molecule has 0 radical (unpaired) electrons. The predicted octanol–water partition coefficient (Wildman–Crippen LogP) is 2.50. The van der Waals surface area contributed by atoms with Crippen molar-refractivity contribution in [3.63, 3.8) is 0 Å². The van der Waals surface area contributed by atoms with Crippen molar-refractivity contribution in [3.05, 3.63) is 27.2 Å². The molecule has 1 saturated carbocycles. The number of nitroso groups, excluding NO2 is 1. The van der Waals surface area contributed by atoms with Gasteiger partial charge in [-0.1, -0.05) is 6.42 Å². The molecule has 8 nitrogen and oxygen atoms in total. The van der Waals surface area contributed by atoms with Gasteiger partial charge in [-0.25, -0.2) is 0 Å². The molecular formula is C14H19N4O4+. The lowest BCUT2D eigenvalue weighted by Crippen LogP contribution is -2.43. The third-order valence-electron chi connectivity index (χ3n) is 4.41. The van der Waals surface area contributed by atoms with Crippen LogP contribution in [0.15, 0.2) is 12.1 Å². The number of nitrogens with one attached hydrogen (secondary N) is 2. The predicted molar refractivity (Wildman–Crippen MR) is 81.4 cm³/mol. The third-order valence-corrected chi connectivity index (χ3v) is 4.41. The molecule has 0 bridgehead atoms. The lowest BCUT2D eigenvalue weighted by atomic mass is 9.89. The average Bonchev–Trinajstić information content (AvgIpc) is 2.77. The molecule has 8 heteroatoms. The molecule has 3 rings (SSSR count). The van der Waals surface area contributed by atoms with Gasteiger partial charge in [0.25, 0.3) is 11.4 Å². The first kappa shape index (κ1) is 14.7. The highest BCUT2D eigenvalue weighted by Crippen LogP contribution is 2.50. The molecule has 1 aromatic carbocycles. The van der Waals surface area contributed by atoms with Crippen LogP contribution >= 0.6 is 0 Å². The molecule has 1 spiro atoms. The molecule has 3 N–H and O–H groups in total. The molecule has 1 heterocycles. The average molecular weight is 307 g/mol. The lowest BCUT2D eigenvalue weighted by Gasteiger charge is -2.24. The van der Waals surface area contributed by atoms with E-state index in [1.807, 2.05) is 0 Å². The number of anilines is 2. The van der Waals surface area contributed by atoms with E-state index in [-0.39, 0.29) is 24.5 Å². The summed E-state index contributed by atoms with van der Waals surface area (Å²) in [6.45, 7) is 0.0884. The van der Waals surface area contributed by atoms with Gasteiger partial charge in [-0.05, 0) is 18.9 Å². The van der Waals surface area contributed by atoms with Crippen LogP contribution in [-0.4, -0.2) is 33.6 Å². The minimum atomic E-state index is -0.749. The Labute approximate surface area is 127 Å². The van der Waals surface area contributed by atoms with Crippen molar-refractivity contribution in [2.24, 2.45) is 0 Å². The van der Waals surface area contributed by atoms with Gasteiger partial charge in [-0.3, -0.25) is 10.1 Å². The molecule has 0 amide bonds. The minimum absolute atomic E-state index is 0.126. The Morgan fingerprint density at radius 3 is 2.73 bits per heavy atom. The van der Waals surface area contributed by atoms with E-state index in [2.05, 4.69) is 10.6 Å². The van der Waals surface area contributed by atoms with Crippen LogP contribution in [0.3, 0.4) is 0 Å². The Balaban J connectivity index is 2.04. The number of nitro benzene ring substituents is 1. The number of nitrogens with zero attached hydrogens (tertiary/aromatic N) is 2. The van der Waals surface area contributed by atoms with E-state index in [0.29, 0.717) is 24.2 Å². The van der Waals surface area contributed by atoms with Gasteiger partial charge in [0.2, 0.25) is 0 Å². The smallest absolute Gasteiger partial charge is 0.322 e. The second-order valence-corrected chi connectivity index (χ2v) is 5.77. The van der Waals surface area contributed by atoms with Crippen LogP contribution < -0.4 is 10.6 Å². The van der Waals surface area contributed by atoms with Crippen molar-refractivity contribution in [1.82, 2.24) is 0 Å². The molecule has 118 valence electrons. The Morgan fingerprint density at radius 2 is 2.09 bits per heavy atom. The highest BCUT2D eigenvalue weighted by molar-refractivity contribution is 5.85. The molecule has 0 aromatic heterocycles. The molecule has 0 saturated heterocycles. The van der Waals surface area contributed by atoms with Gasteiger partial charge in [-0.15, -0.1) is 0 Å². The zero-order valence-corrected chi connectivity index (χ0v) is 12.2. The summed E-state index contributed by atoms with van der Waals surface area (Å²) in [7, 11) is 0. The van der Waals surface area contributed by atoms with Gasteiger partial charge in [0, 0.05) is 30.4 Å². The van der Waals surface area contributed by atoms with Crippen LogP contribution in [0.1, 0.15) is 32.1 Å². The van der Waals surface area contributed by atoms with Gasteiger partial charge in [0.1, 0.15) is 5.69 Å². The summed E-state index contributed by atoms with van der Waals surface area (Å²) >= 11 is 0. The highest BCUT2D eigenvalue weighted by Gasteiger charge is 2.56. The van der Waals surface area contributed by atoms with Crippen LogP contribution in [0.25, 0.3) is 0 Å². The maximum atomic E-state index is 12.6. The molecule has 1 aliphatic carbocycles. The van der Waals surface area contributed by atoms with Crippen LogP contribution in [0.4, 0.5) is 22.7 Å². The molecule has 2 aliphatic rings. The van der Waals surface area contributed by atoms with Crippen molar-refractivity contribution >= 4 is 22.7 Å². The number of aliphatic hydroxyl groups is 1. The Morgan fingerprint density at radius 1 is 1.36 bits per heavy atom. The minimum Gasteiger partial charge on any atom is -0.395 e. The monoisotopic (exact) mass is 307 g/mol. The molecule has 1 aliphatic heterocycles. The fraction of sp³-hybridized carbons (Fsp3) is 0.571. The highest BCUT2D eigenvalue weighted by atomic mass is 16.6. The number of rotatable bonds is 4. The summed E-state index contributed by atoms with van der Waals surface area (Å²) in [4.78, 5) is 23.6. The number of hydrogen-bond donors (Lipinski definition) is 3. The van der Waals surface area contributed by atoms with Crippen molar-refractivity contribution in [3.8, 4) is 0 Å². The van der Waals surface area contributed by atoms with Gasteiger partial charge in [0.05, 0.1) is 16.3 Å². The van der Waals surface area contributed by atoms with Crippen LogP contribution in [0.5, 0.6) is 0 Å². The first-order chi connectivity index (χ1) is 10.6. The number of aliphatic hydroxyl groups excluding tert-OH is 1. The standard InChI is InChI=1S/C14H19N4O4/c19-9-8-15-10-4-5-11-12(13(10)18(21)22)16-14(17(11)20)6-2-1-3-7-14/h4-5,15-16,19H,1-3,6-9H2/q+1. The first-order valence-electron chi connectivity index (χ1n) is 7.51. The molecule has 22 heavy (non-hydrogen) atoms. The van der Waals surface area contributed by atoms with Crippen molar-refractivity contribution in [1.29, 1.82) is 0 Å². The molecule has 0 atom stereocenters. The van der Waals surface area contributed by atoms with Crippen LogP contribution in [0, 0.1) is 15.0 Å². The largest absolute Gasteiger partial charge is 0.395 e. The Kier molecular flexibility index (Phi) is 3.69. The van der Waals surface area contributed by atoms with E-state index in [1.54, 1.807) is 6.07 Å². The fourth-order valence-corrected chi connectivity index (χ4v) is 3.37. The summed E-state index contributed by atoms with van der Waals surface area (Å²) in [5.74, 6) is 0. The van der Waals surface area contributed by atoms with Crippen molar-refractivity contribution in [2.75, 3.05) is 23.8 Å². The van der Waals surface area contributed by atoms with Crippen LogP contribution in [-0.2, 0) is 0 Å². The second-order valence-electron chi connectivity index (χ2n) is 5.77. The van der Waals surface area contributed by atoms with E-state index >= 15 is 0 Å². The maximum Gasteiger partial charge on any atom is 0.322 e. The van der Waals surface area contributed by atoms with E-state index in [4.69, 9.17) is 5.11 Å². The van der Waals surface area contributed by atoms with Gasteiger partial charge in [-0.2, -0.15) is 0 Å². The van der Waals surface area contributed by atoms with E-state index in [0.717, 1.165) is 24.0 Å². The van der Waals surface area contributed by atoms with E-state index in [1.165, 1.54) is 6.07 Å². The normalized spacial score (nSPS) is 18.9. The maximum absolute atomic E-state index is 12.6. The SMILES string of the molecule is O=[N+]([O-])c1c(NCCO)ccc2c1NC1(CCCCC1)[N+]2=O. The van der Waals surface area contributed by atoms with Gasteiger partial charge >= 0.3 is 5.69 Å². The summed E-state index contributed by atoms with van der Waals surface area (Å²) in [5.41, 5.74) is 0.0369. The molecular weight excluding hydrogens is 288 g/mol. The number of hydrogen-bond acceptors (Lipinski definition) is 6. The van der Waals surface area contributed by atoms with E-state index < -0.39 is 10.6 Å². The lowest BCUT2D eigenvalue weighted by molar-refractivity contribution is -0.542. The second kappa shape index (κ2) is 5.53. The summed E-state index contributed by atoms with van der Waals surface area (Å²) < 4.78 is 0.907. The zero-order chi connectivity index (χ0) is 15.7. The van der Waals surface area contributed by atoms with Crippen LogP contribution in [0.2, 0.25) is 0 Å². The summed E-state index contributed by atoms with van der Waals surface area (Å²) in [6, 6.07) is 3.13. The van der Waals surface area contributed by atoms with Gasteiger partial charge in [0.15, 0.2) is 5.69 Å². The molecule has 1 fully saturated rings. The molecule has 0 unspecified atom stereocenters. The fourth-order valence-electron chi connectivity index (χ4n) is 3.37. The van der Waals surface area contributed by atoms with Crippen molar-refractivity contribution < 1.29 is 14.8 Å². The zero-order valence-electron chi connectivity index (χ0n) is 12.2. The topological polar surface area (TPSA) is 108 Å². The Bertz CT molecular complexity index is 626. The first-order valence-corrected chi connectivity index (χ1v) is 7.51. The Hall–Kier alpha value is -2.22. The third kappa shape index (κ3) is 2.19. The van der Waals surface area contributed by atoms with Gasteiger partial charge < -0.3 is 15.7 Å². The molecule has 1 aromatic rings.